The van der Waals surface area contributed by atoms with Gasteiger partial charge in [-0.25, -0.2) is 9.59 Å². The molecule has 2 amide bonds. The molecule has 9 heteroatoms. The minimum Gasteiger partial charge on any atom is -0.479 e. The Kier molecular flexibility index (Phi) is 4.45. The number of aliphatic carboxylic acids is 1. The van der Waals surface area contributed by atoms with Gasteiger partial charge in [-0.2, -0.15) is 13.2 Å². The van der Waals surface area contributed by atoms with Gasteiger partial charge in [-0.1, -0.05) is 0 Å². The summed E-state index contributed by atoms with van der Waals surface area (Å²) in [5.74, 6) is -2.20. The fourth-order valence-electron chi connectivity index (χ4n) is 1.44. The first-order valence-electron chi connectivity index (χ1n) is 5.81. The highest BCUT2D eigenvalue weighted by Crippen LogP contribution is 2.30. The van der Waals surface area contributed by atoms with E-state index in [4.69, 9.17) is 5.11 Å². The van der Waals surface area contributed by atoms with Crippen molar-refractivity contribution in [1.29, 1.82) is 0 Å². The number of carboxylic acids is 1. The monoisotopic (exact) mass is 305 g/mol. The number of aromatic nitrogens is 1. The van der Waals surface area contributed by atoms with E-state index in [1.54, 1.807) is 19.9 Å². The van der Waals surface area contributed by atoms with Gasteiger partial charge in [0.15, 0.2) is 0 Å². The van der Waals surface area contributed by atoms with Crippen LogP contribution in [0.2, 0.25) is 0 Å². The third-order valence-corrected chi connectivity index (χ3v) is 2.83. The maximum atomic E-state index is 12.8. The lowest BCUT2D eigenvalue weighted by Crippen LogP contribution is -2.62. The Labute approximate surface area is 118 Å². The molecule has 0 aliphatic rings. The number of alkyl halides is 3. The molecule has 1 aromatic heterocycles. The number of anilines is 1. The summed E-state index contributed by atoms with van der Waals surface area (Å²) in [6.07, 6.45) is -5.14. The Bertz CT molecular complexity index is 575. The normalized spacial score (nSPS) is 14.2. The molecular weight excluding hydrogens is 291 g/mol. The third-order valence-electron chi connectivity index (χ3n) is 2.83. The number of aryl methyl sites for hydroxylation is 2. The third kappa shape index (κ3) is 3.61. The highest BCUT2D eigenvalue weighted by atomic mass is 19.4. The number of amides is 2. The second-order valence-corrected chi connectivity index (χ2v) is 4.59. The highest BCUT2D eigenvalue weighted by molar-refractivity contribution is 5.94. The van der Waals surface area contributed by atoms with Gasteiger partial charge in [0.25, 0.3) is 0 Å². The number of nitrogens with zero attached hydrogens (tertiary/aromatic N) is 1. The number of urea groups is 1. The molecule has 0 saturated carbocycles. The minimum absolute atomic E-state index is 0.188. The van der Waals surface area contributed by atoms with E-state index < -0.39 is 23.7 Å². The van der Waals surface area contributed by atoms with E-state index in [0.717, 1.165) is 0 Å². The average Bonchev–Trinajstić information content (AvgIpc) is 2.31. The summed E-state index contributed by atoms with van der Waals surface area (Å²) in [5.41, 5.74) is -2.13. The number of hydrogen-bond acceptors (Lipinski definition) is 3. The van der Waals surface area contributed by atoms with Gasteiger partial charge < -0.3 is 15.7 Å². The van der Waals surface area contributed by atoms with Gasteiger partial charge in [-0.3, -0.25) is 4.98 Å². The zero-order valence-corrected chi connectivity index (χ0v) is 11.5. The van der Waals surface area contributed by atoms with Crippen LogP contribution in [0.3, 0.4) is 0 Å². The van der Waals surface area contributed by atoms with Crippen LogP contribution in [0.15, 0.2) is 12.1 Å². The molecule has 0 aliphatic carbocycles. The first kappa shape index (κ1) is 16.7. The molecule has 1 rings (SSSR count). The molecule has 1 heterocycles. The molecule has 0 spiro atoms. The van der Waals surface area contributed by atoms with Gasteiger partial charge in [-0.15, -0.1) is 0 Å². The van der Waals surface area contributed by atoms with Crippen LogP contribution in [0.5, 0.6) is 0 Å². The van der Waals surface area contributed by atoms with Crippen LogP contribution in [0.4, 0.5) is 23.7 Å². The van der Waals surface area contributed by atoms with Crippen LogP contribution in [0.25, 0.3) is 0 Å². The van der Waals surface area contributed by atoms with E-state index in [2.05, 4.69) is 10.3 Å². The summed E-state index contributed by atoms with van der Waals surface area (Å²) >= 11 is 0. The smallest absolute Gasteiger partial charge is 0.422 e. The van der Waals surface area contributed by atoms with E-state index in [9.17, 15) is 22.8 Å². The molecule has 0 radical (unpaired) electrons. The Hall–Kier alpha value is -2.32. The van der Waals surface area contributed by atoms with Gasteiger partial charge >= 0.3 is 18.2 Å². The fraction of sp³-hybridized carbons (Fsp3) is 0.417. The molecular formula is C12H14F3N3O3. The molecule has 0 fully saturated rings. The number of hydrogen-bond donors (Lipinski definition) is 3. The van der Waals surface area contributed by atoms with Crippen molar-refractivity contribution < 1.29 is 27.9 Å². The Morgan fingerprint density at radius 2 is 1.81 bits per heavy atom. The topological polar surface area (TPSA) is 91.3 Å². The zero-order chi connectivity index (χ0) is 16.4. The number of rotatable bonds is 3. The molecule has 0 bridgehead atoms. The summed E-state index contributed by atoms with van der Waals surface area (Å²) in [5, 5.41) is 12.3. The summed E-state index contributed by atoms with van der Waals surface area (Å²) in [4.78, 5) is 26.4. The van der Waals surface area contributed by atoms with Crippen molar-refractivity contribution >= 4 is 17.7 Å². The molecule has 3 N–H and O–H groups in total. The molecule has 1 aromatic rings. The average molecular weight is 305 g/mol. The van der Waals surface area contributed by atoms with Gasteiger partial charge in [-0.05, 0) is 32.9 Å². The standard InChI is InChI=1S/C12H14F3N3O3/c1-6-4-5-8(7(2)16-6)17-10(21)18-11(3,9(19)20)12(13,14)15/h4-5H,1-3H3,(H,19,20)(H2,17,18,21). The van der Waals surface area contributed by atoms with Crippen LogP contribution in [0, 0.1) is 13.8 Å². The first-order chi connectivity index (χ1) is 9.47. The maximum Gasteiger partial charge on any atom is 0.422 e. The summed E-state index contributed by atoms with van der Waals surface area (Å²) < 4.78 is 38.3. The molecule has 1 atom stereocenters. The van der Waals surface area contributed by atoms with Gasteiger partial charge in [0.2, 0.25) is 5.54 Å². The first-order valence-corrected chi connectivity index (χ1v) is 5.81. The van der Waals surface area contributed by atoms with Crippen molar-refractivity contribution in [3.05, 3.63) is 23.5 Å². The Morgan fingerprint density at radius 3 is 2.24 bits per heavy atom. The molecule has 21 heavy (non-hydrogen) atoms. The number of nitrogens with one attached hydrogen (secondary N) is 2. The molecule has 116 valence electrons. The van der Waals surface area contributed by atoms with E-state index in [1.165, 1.54) is 11.4 Å². The lowest BCUT2D eigenvalue weighted by Gasteiger charge is -2.28. The van der Waals surface area contributed by atoms with E-state index in [-0.39, 0.29) is 5.69 Å². The van der Waals surface area contributed by atoms with Gasteiger partial charge in [0, 0.05) is 5.69 Å². The summed E-state index contributed by atoms with van der Waals surface area (Å²) in [6.45, 7) is 3.64. The molecule has 1 unspecified atom stereocenters. The van der Waals surface area contributed by atoms with Crippen LogP contribution < -0.4 is 10.6 Å². The fourth-order valence-corrected chi connectivity index (χ4v) is 1.44. The van der Waals surface area contributed by atoms with Crippen LogP contribution >= 0.6 is 0 Å². The second kappa shape index (κ2) is 5.58. The van der Waals surface area contributed by atoms with E-state index >= 15 is 0 Å². The summed E-state index contributed by atoms with van der Waals surface area (Å²) in [7, 11) is 0. The highest BCUT2D eigenvalue weighted by Gasteiger charge is 2.58. The van der Waals surface area contributed by atoms with Crippen LogP contribution in [-0.2, 0) is 4.79 Å². The lowest BCUT2D eigenvalue weighted by atomic mass is 10.0. The summed E-state index contributed by atoms with van der Waals surface area (Å²) in [6, 6.07) is 1.73. The SMILES string of the molecule is Cc1ccc(NC(=O)NC(C)(C(=O)O)C(F)(F)F)c(C)n1. The van der Waals surface area contributed by atoms with Gasteiger partial charge in [0.1, 0.15) is 0 Å². The Morgan fingerprint density at radius 1 is 1.24 bits per heavy atom. The van der Waals surface area contributed by atoms with E-state index in [1.807, 2.05) is 0 Å². The zero-order valence-electron chi connectivity index (χ0n) is 11.5. The second-order valence-electron chi connectivity index (χ2n) is 4.59. The van der Waals surface area contributed by atoms with Crippen molar-refractivity contribution in [3.8, 4) is 0 Å². The lowest BCUT2D eigenvalue weighted by molar-refractivity contribution is -0.203. The van der Waals surface area contributed by atoms with Gasteiger partial charge in [0.05, 0.1) is 11.4 Å². The van der Waals surface area contributed by atoms with Crippen molar-refractivity contribution in [2.24, 2.45) is 0 Å². The van der Waals surface area contributed by atoms with Crippen molar-refractivity contribution in [2.45, 2.75) is 32.5 Å². The maximum absolute atomic E-state index is 12.8. The van der Waals surface area contributed by atoms with Crippen molar-refractivity contribution in [2.75, 3.05) is 5.32 Å². The van der Waals surface area contributed by atoms with Crippen molar-refractivity contribution in [3.63, 3.8) is 0 Å². The predicted molar refractivity (Wildman–Crippen MR) is 68.0 cm³/mol. The Balaban J connectivity index is 2.92. The minimum atomic E-state index is -5.14. The molecule has 0 saturated heterocycles. The van der Waals surface area contributed by atoms with Crippen LogP contribution in [-0.4, -0.2) is 33.8 Å². The predicted octanol–water partition coefficient (Wildman–Crippen LogP) is 2.23. The molecule has 0 aliphatic heterocycles. The number of pyridine rings is 1. The number of carboxylic acid groups (broad SMARTS) is 1. The quantitative estimate of drug-likeness (QED) is 0.798. The molecule has 6 nitrogen and oxygen atoms in total. The van der Waals surface area contributed by atoms with Crippen molar-refractivity contribution in [1.82, 2.24) is 10.3 Å². The largest absolute Gasteiger partial charge is 0.479 e. The van der Waals surface area contributed by atoms with Crippen LogP contribution in [0.1, 0.15) is 18.3 Å². The van der Waals surface area contributed by atoms with E-state index in [0.29, 0.717) is 18.3 Å². The number of carbonyl (C=O) groups is 2. The number of halogens is 3. The molecule has 0 aromatic carbocycles. The number of carbonyl (C=O) groups excluding carboxylic acids is 1.